The van der Waals surface area contributed by atoms with E-state index in [1.807, 2.05) is 0 Å². The van der Waals surface area contributed by atoms with Crippen LogP contribution >= 0.6 is 0 Å². The van der Waals surface area contributed by atoms with E-state index in [9.17, 15) is 8.42 Å². The molecular weight excluding hydrogens is 333 g/mol. The number of hydrogen-bond donors (Lipinski definition) is 1. The molecule has 0 aliphatic carbocycles. The van der Waals surface area contributed by atoms with E-state index in [1.165, 1.54) is 71.1 Å². The van der Waals surface area contributed by atoms with Crippen LogP contribution in [0.4, 0.5) is 0 Å². The molecule has 0 amide bonds. The van der Waals surface area contributed by atoms with E-state index in [4.69, 9.17) is 9.92 Å². The van der Waals surface area contributed by atoms with Gasteiger partial charge in [0, 0.05) is 29.6 Å². The smallest absolute Gasteiger partial charge is 0.283 e. The molecule has 6 heteroatoms. The average molecular weight is 373 g/mol. The van der Waals surface area contributed by atoms with Gasteiger partial charge < -0.3 is 5.73 Å². The van der Waals surface area contributed by atoms with Crippen molar-refractivity contribution in [3.8, 4) is 0 Å². The molecule has 2 unspecified atom stereocenters. The number of hydrogen-bond acceptors (Lipinski definition) is 4. The second kappa shape index (κ2) is 17.3. The van der Waals surface area contributed by atoms with Crippen LogP contribution in [0.5, 0.6) is 0 Å². The fourth-order valence-electron chi connectivity index (χ4n) is 2.64. The molecule has 0 heterocycles. The molecule has 0 aromatic heterocycles. The van der Waals surface area contributed by atoms with Gasteiger partial charge >= 0.3 is 0 Å². The van der Waals surface area contributed by atoms with Gasteiger partial charge in [0.05, 0.1) is 6.10 Å². The number of rotatable bonds is 16. The van der Waals surface area contributed by atoms with Gasteiger partial charge in [0.1, 0.15) is 5.37 Å². The Labute approximate surface area is 173 Å². The Bertz CT molecular complexity index is 361. The van der Waals surface area contributed by atoms with E-state index in [0.29, 0.717) is 0 Å². The molecule has 1 radical (unpaired) electrons. The summed E-state index contributed by atoms with van der Waals surface area (Å²) in [5, 5.41) is -0.952. The first-order valence-electron chi connectivity index (χ1n) is 9.57. The second-order valence-electron chi connectivity index (χ2n) is 6.78. The zero-order valence-corrected chi connectivity index (χ0v) is 19.4. The zero-order chi connectivity index (χ0) is 17.6. The predicted octanol–water partition coefficient (Wildman–Crippen LogP) is 4.74. The van der Waals surface area contributed by atoms with E-state index in [0.717, 1.165) is 19.3 Å². The van der Waals surface area contributed by atoms with E-state index in [2.05, 4.69) is 6.92 Å². The molecule has 0 saturated carbocycles. The summed E-state index contributed by atoms with van der Waals surface area (Å²) in [6.45, 7) is 5.49. The van der Waals surface area contributed by atoms with Crippen molar-refractivity contribution < 1.29 is 12.6 Å². The van der Waals surface area contributed by atoms with E-state index in [-0.39, 0.29) is 35.7 Å². The van der Waals surface area contributed by atoms with E-state index < -0.39 is 15.5 Å². The monoisotopic (exact) mass is 372 g/mol. The quantitative estimate of drug-likeness (QED) is 0.241. The molecule has 0 aromatic rings. The van der Waals surface area contributed by atoms with Crippen LogP contribution in [-0.4, -0.2) is 49.5 Å². The predicted molar refractivity (Wildman–Crippen MR) is 105 cm³/mol. The molecule has 24 heavy (non-hydrogen) atoms. The molecule has 0 rings (SSSR count). The third kappa shape index (κ3) is 16.3. The molecule has 0 aliphatic heterocycles. The van der Waals surface area contributed by atoms with Crippen LogP contribution < -0.4 is 5.73 Å². The fraction of sp³-hybridized carbons (Fsp3) is 1.00. The molecule has 0 saturated heterocycles. The van der Waals surface area contributed by atoms with Gasteiger partial charge in [0.25, 0.3) is 10.1 Å². The Hall–Kier alpha value is 0.870. The van der Waals surface area contributed by atoms with Gasteiger partial charge in [-0.1, -0.05) is 84.0 Å². The summed E-state index contributed by atoms with van der Waals surface area (Å²) in [4.78, 5) is 0. The summed E-state index contributed by atoms with van der Waals surface area (Å²) >= 11 is 0. The van der Waals surface area contributed by atoms with Crippen molar-refractivity contribution in [2.75, 3.05) is 0 Å². The molecule has 0 aromatic carbocycles. The minimum Gasteiger partial charge on any atom is -0.313 e. The molecule has 0 fully saturated rings. The van der Waals surface area contributed by atoms with Gasteiger partial charge in [-0.2, -0.15) is 8.42 Å². The van der Waals surface area contributed by atoms with Crippen molar-refractivity contribution in [1.82, 2.24) is 0 Å². The van der Waals surface area contributed by atoms with Crippen LogP contribution in [0.1, 0.15) is 104 Å². The summed E-state index contributed by atoms with van der Waals surface area (Å²) in [5.74, 6) is 0. The first kappa shape index (κ1) is 27.1. The van der Waals surface area contributed by atoms with Gasteiger partial charge in [-0.05, 0) is 20.3 Å². The molecular formula is C18H39NNaO3S. The van der Waals surface area contributed by atoms with Crippen LogP contribution in [0, 0.1) is 0 Å². The van der Waals surface area contributed by atoms with Crippen molar-refractivity contribution in [2.24, 2.45) is 5.73 Å². The zero-order valence-electron chi connectivity index (χ0n) is 16.6. The van der Waals surface area contributed by atoms with Gasteiger partial charge in [0.15, 0.2) is 0 Å². The summed E-state index contributed by atoms with van der Waals surface area (Å²) in [6.07, 6.45) is 16.2. The first-order chi connectivity index (χ1) is 10.9. The molecule has 141 valence electrons. The van der Waals surface area contributed by atoms with Crippen molar-refractivity contribution in [3.05, 3.63) is 0 Å². The Morgan fingerprint density at radius 2 is 1.17 bits per heavy atom. The largest absolute Gasteiger partial charge is 0.313 e. The van der Waals surface area contributed by atoms with Crippen molar-refractivity contribution in [1.29, 1.82) is 0 Å². The minimum atomic E-state index is -3.59. The molecule has 2 N–H and O–H groups in total. The summed E-state index contributed by atoms with van der Waals surface area (Å²) in [7, 11) is -3.59. The number of nitrogens with two attached hydrogens (primary N) is 1. The topological polar surface area (TPSA) is 69.4 Å². The van der Waals surface area contributed by atoms with Crippen molar-refractivity contribution in [2.45, 2.75) is 116 Å². The average Bonchev–Trinajstić information content (AvgIpc) is 2.47. The Kier molecular flexibility index (Phi) is 19.5. The standard InChI is InChI=1S/C18H39NO3S.Na/c1-4-5-6-7-8-9-10-11-12-13-14-15-16-17(2)22-23(20,21)18(3)19;/h17-18H,4-16,19H2,1-3H3;. The van der Waals surface area contributed by atoms with E-state index >= 15 is 0 Å². The molecule has 0 aliphatic rings. The van der Waals surface area contributed by atoms with Gasteiger partial charge in [-0.15, -0.1) is 0 Å². The SMILES string of the molecule is CCCCCCCCCCCCCCC(C)OS(=O)(=O)C(C)N.[Na]. The van der Waals surface area contributed by atoms with Crippen LogP contribution in [0.2, 0.25) is 0 Å². The van der Waals surface area contributed by atoms with Crippen LogP contribution in [-0.2, 0) is 14.3 Å². The van der Waals surface area contributed by atoms with Gasteiger partial charge in [-0.3, -0.25) is 4.18 Å². The number of unbranched alkanes of at least 4 members (excludes halogenated alkanes) is 11. The molecule has 2 atom stereocenters. The summed E-state index contributed by atoms with van der Waals surface area (Å²) in [5.41, 5.74) is 5.37. The fourth-order valence-corrected chi connectivity index (χ4v) is 3.37. The minimum absolute atomic E-state index is 0. The maximum absolute atomic E-state index is 11.5. The Morgan fingerprint density at radius 1 is 0.792 bits per heavy atom. The second-order valence-corrected chi connectivity index (χ2v) is 8.70. The van der Waals surface area contributed by atoms with Crippen LogP contribution in [0.25, 0.3) is 0 Å². The molecule has 0 bridgehead atoms. The van der Waals surface area contributed by atoms with Crippen molar-refractivity contribution in [3.63, 3.8) is 0 Å². The molecule has 0 spiro atoms. The Balaban J connectivity index is 0. The maximum atomic E-state index is 11.5. The van der Waals surface area contributed by atoms with Gasteiger partial charge in [0.2, 0.25) is 0 Å². The van der Waals surface area contributed by atoms with E-state index in [1.54, 1.807) is 6.92 Å². The first-order valence-corrected chi connectivity index (χ1v) is 11.0. The van der Waals surface area contributed by atoms with Gasteiger partial charge in [-0.25, -0.2) is 0 Å². The maximum Gasteiger partial charge on any atom is 0.283 e. The summed E-state index contributed by atoms with van der Waals surface area (Å²) in [6, 6.07) is 0. The Morgan fingerprint density at radius 3 is 1.54 bits per heavy atom. The van der Waals surface area contributed by atoms with Crippen molar-refractivity contribution >= 4 is 39.7 Å². The normalized spacial score (nSPS) is 14.2. The van der Waals surface area contributed by atoms with Crippen LogP contribution in [0.3, 0.4) is 0 Å². The third-order valence-corrected chi connectivity index (χ3v) is 5.73. The third-order valence-electron chi connectivity index (χ3n) is 4.22. The molecule has 4 nitrogen and oxygen atoms in total. The summed E-state index contributed by atoms with van der Waals surface area (Å²) < 4.78 is 28.1. The van der Waals surface area contributed by atoms with Crippen LogP contribution in [0.15, 0.2) is 0 Å².